The average Bonchev–Trinajstić information content (AvgIpc) is 1.70. The fraction of sp³-hybridized carbons (Fsp3) is 0.308. The number of aliphatic carboxylic acids is 1. The number of ether oxygens (including phenoxy) is 3. The van der Waals surface area contributed by atoms with Crippen molar-refractivity contribution in [3.63, 3.8) is 0 Å². The topological polar surface area (TPSA) is 532 Å². The van der Waals surface area contributed by atoms with Crippen LogP contribution >= 0.6 is 0 Å². The van der Waals surface area contributed by atoms with Crippen molar-refractivity contribution in [2.24, 2.45) is 35.2 Å². The summed E-state index contributed by atoms with van der Waals surface area (Å²) >= 11 is 0. The standard InChI is InChI=1S/2C19H21N7O3.C17H19N7O2.C17H19N7O.C15H17N7.C4H6O4/c2*1-13(27)29-12-19(28)25-10-17(11-25)26-8-15(6-22-26)14-3-4-20-18(5-14)23-16-7-21-24(2)9-16;1-22-8-14(6-19-22)21-16-4-12(2-3-18-16)13-5-20-24(7-13)15-9-23(10-15)17(26)11-25;1-12(25)23-10-16(11-23)24-8-14(6-20-24)13-3-4-18-17(5-13)21-15-7-19-22(2)9-15;1-21-10-13(6-18-21)20-15-4-11(2-3-17-15)12-5-19-22(9-12)14-7-16-8-14;1-3(5)8-2-4(6)7/h2*3-9,17H,10-12H2,1-2H3,(H,20,23);2-8,15,25H,9-11H2,1H3,(H,18,21);3-9,16H,10-11H2,1-2H3,(H,18,21);2-6,9-10,14,16H,7-8H2,1H3,(H,17,20);2H2,1H3,(H,6,7). The highest BCUT2D eigenvalue weighted by Crippen LogP contribution is 2.34. The van der Waals surface area contributed by atoms with Gasteiger partial charge in [-0.15, -0.1) is 0 Å². The summed E-state index contributed by atoms with van der Waals surface area (Å²) in [5.74, 6) is 0.574. The summed E-state index contributed by atoms with van der Waals surface area (Å²) < 4.78 is 31.8. The van der Waals surface area contributed by atoms with Crippen molar-refractivity contribution in [2.75, 3.05) is 118 Å². The third-order valence-corrected chi connectivity index (χ3v) is 22.3. The first-order chi connectivity index (χ1) is 67.0. The molecule has 15 aromatic heterocycles. The molecule has 0 radical (unpaired) electrons. The molecule has 720 valence electrons. The molecular weight excluding hydrogens is 1790 g/mol. The van der Waals surface area contributed by atoms with E-state index in [9.17, 15) is 38.4 Å². The molecule has 0 aromatic carbocycles. The number of rotatable bonds is 27. The molecule has 5 aliphatic rings. The summed E-state index contributed by atoms with van der Waals surface area (Å²) in [5.41, 5.74) is 14.5. The Kier molecular flexibility index (Phi) is 30.8. The molecule has 139 heavy (non-hydrogen) atoms. The molecular formula is C91H103N35O13. The molecule has 0 saturated carbocycles. The van der Waals surface area contributed by atoms with Gasteiger partial charge >= 0.3 is 23.9 Å². The van der Waals surface area contributed by atoms with Gasteiger partial charge in [0.2, 0.25) is 11.8 Å². The Labute approximate surface area is 794 Å². The first-order valence-corrected chi connectivity index (χ1v) is 43.9. The highest BCUT2D eigenvalue weighted by Gasteiger charge is 2.36. The number of aromatic nitrogens is 25. The van der Waals surface area contributed by atoms with E-state index in [0.29, 0.717) is 56.9 Å². The summed E-state index contributed by atoms with van der Waals surface area (Å²) in [5, 5.41) is 79.0. The second-order valence-electron chi connectivity index (χ2n) is 33.0. The number of carboxylic acids is 1. The fourth-order valence-electron chi connectivity index (χ4n) is 14.6. The van der Waals surface area contributed by atoms with Crippen LogP contribution in [0.5, 0.6) is 0 Å². The van der Waals surface area contributed by atoms with Gasteiger partial charge in [-0.05, 0) is 88.5 Å². The number of aryl methyl sites for hydroxylation is 5. The minimum absolute atomic E-state index is 0.111. The van der Waals surface area contributed by atoms with Crippen molar-refractivity contribution in [2.45, 2.75) is 57.9 Å². The number of aliphatic hydroxyl groups is 1. The SMILES string of the molecule is CC(=O)N1CC(n2cc(-c3ccnc(Nc4cnn(C)c4)c3)cn2)C1.CC(=O)OCC(=O)N1CC(n2cc(-c3ccnc(Nc4cnn(C)c4)c3)cn2)C1.CC(=O)OCC(=O)N1CC(n2cc(-c3ccnc(Nc4cnn(C)c4)c3)cn2)C1.CC(=O)OCC(=O)O.Cn1cc(Nc2cc(-c3cnn(C4CN(C(=O)CO)C4)c3)ccn2)cn1.Cn1cc(Nc2cc(-c3cnn(C4CNC4)c3)ccn2)cn1. The minimum atomic E-state index is -1.14. The van der Waals surface area contributed by atoms with Gasteiger partial charge in [-0.2, -0.15) is 51.0 Å². The quantitative estimate of drug-likeness (QED) is 0.0199. The number of aliphatic hydroxyl groups excluding tert-OH is 1. The second kappa shape index (κ2) is 44.6. The van der Waals surface area contributed by atoms with Crippen molar-refractivity contribution < 1.29 is 62.8 Å². The van der Waals surface area contributed by atoms with Crippen LogP contribution in [0.25, 0.3) is 55.6 Å². The number of pyridine rings is 5. The first kappa shape index (κ1) is 96.1. The number of nitrogens with zero attached hydrogens (tertiary/aromatic N) is 29. The van der Waals surface area contributed by atoms with E-state index in [0.717, 1.165) is 135 Å². The maximum absolute atomic E-state index is 11.9. The Bertz CT molecular complexity index is 6580. The number of carboxylic acid groups (broad SMARTS) is 1. The molecule has 0 spiro atoms. The average molecular weight is 1900 g/mol. The molecule has 4 amide bonds. The number of anilines is 10. The Morgan fingerprint density at radius 2 is 0.554 bits per heavy atom. The second-order valence-corrected chi connectivity index (χ2v) is 33.0. The smallest absolute Gasteiger partial charge is 0.341 e. The Morgan fingerprint density at radius 3 is 0.755 bits per heavy atom. The number of hydrogen-bond donors (Lipinski definition) is 8. The molecule has 8 N–H and O–H groups in total. The number of amides is 4. The van der Waals surface area contributed by atoms with Crippen LogP contribution in [0.3, 0.4) is 0 Å². The van der Waals surface area contributed by atoms with Gasteiger partial charge in [0.15, 0.2) is 19.8 Å². The van der Waals surface area contributed by atoms with Crippen LogP contribution in [0.2, 0.25) is 0 Å². The number of carbonyl (C=O) groups excluding carboxylic acids is 7. The van der Waals surface area contributed by atoms with E-state index in [1.807, 2.05) is 192 Å². The molecule has 5 aliphatic heterocycles. The highest BCUT2D eigenvalue weighted by molar-refractivity contribution is 5.83. The van der Waals surface area contributed by atoms with Crippen LogP contribution in [0.15, 0.2) is 216 Å². The van der Waals surface area contributed by atoms with Gasteiger partial charge in [0.05, 0.1) is 121 Å². The zero-order valence-electron chi connectivity index (χ0n) is 77.3. The van der Waals surface area contributed by atoms with E-state index < -0.39 is 37.1 Å². The molecule has 48 heteroatoms. The molecule has 0 bridgehead atoms. The molecule has 0 unspecified atom stereocenters. The number of hydrogen-bond acceptors (Lipinski definition) is 33. The van der Waals surface area contributed by atoms with Gasteiger partial charge in [0.1, 0.15) is 35.7 Å². The van der Waals surface area contributed by atoms with Crippen LogP contribution < -0.4 is 31.9 Å². The van der Waals surface area contributed by atoms with Crippen molar-refractivity contribution in [1.29, 1.82) is 0 Å². The third-order valence-electron chi connectivity index (χ3n) is 22.3. The van der Waals surface area contributed by atoms with E-state index in [1.54, 1.807) is 126 Å². The Morgan fingerprint density at radius 1 is 0.317 bits per heavy atom. The largest absolute Gasteiger partial charge is 0.479 e. The van der Waals surface area contributed by atoms with E-state index in [-0.39, 0.29) is 61.0 Å². The summed E-state index contributed by atoms with van der Waals surface area (Å²) in [6.07, 6.45) is 46.1. The molecule has 0 atom stereocenters. The summed E-state index contributed by atoms with van der Waals surface area (Å²) in [4.78, 5) is 116. The number of nitrogens with one attached hydrogen (secondary N) is 6. The van der Waals surface area contributed by atoms with Crippen LogP contribution in [-0.4, -0.2) is 292 Å². The monoisotopic (exact) mass is 1890 g/mol. The lowest BCUT2D eigenvalue weighted by molar-refractivity contribution is -0.153. The van der Waals surface area contributed by atoms with Gasteiger partial charge in [-0.3, -0.25) is 80.4 Å². The zero-order valence-corrected chi connectivity index (χ0v) is 77.3. The molecule has 48 nitrogen and oxygen atoms in total. The summed E-state index contributed by atoms with van der Waals surface area (Å²) in [6.45, 7) is 10.7. The summed E-state index contributed by atoms with van der Waals surface area (Å²) in [7, 11) is 9.33. The predicted octanol–water partition coefficient (Wildman–Crippen LogP) is 6.56. The predicted molar refractivity (Wildman–Crippen MR) is 504 cm³/mol. The van der Waals surface area contributed by atoms with Crippen LogP contribution in [-0.2, 0) is 87.8 Å². The van der Waals surface area contributed by atoms with Gasteiger partial charge in [-0.1, -0.05) is 0 Å². The highest BCUT2D eigenvalue weighted by atomic mass is 16.6. The first-order valence-electron chi connectivity index (χ1n) is 43.9. The maximum Gasteiger partial charge on any atom is 0.341 e. The molecule has 20 heterocycles. The van der Waals surface area contributed by atoms with E-state index >= 15 is 0 Å². The lowest BCUT2D eigenvalue weighted by Crippen LogP contribution is -2.52. The molecule has 15 aromatic rings. The number of likely N-dealkylation sites (tertiary alicyclic amines) is 4. The Hall–Kier alpha value is -17.5. The van der Waals surface area contributed by atoms with Gasteiger partial charge < -0.3 is 75.9 Å². The van der Waals surface area contributed by atoms with Crippen molar-refractivity contribution in [1.82, 2.24) is 148 Å². The Balaban J connectivity index is 0.000000129. The maximum atomic E-state index is 11.9. The molecule has 5 saturated heterocycles. The lowest BCUT2D eigenvalue weighted by Gasteiger charge is -2.38. The van der Waals surface area contributed by atoms with Gasteiger partial charge in [0.25, 0.3) is 11.8 Å². The van der Waals surface area contributed by atoms with Crippen LogP contribution in [0, 0.1) is 0 Å². The van der Waals surface area contributed by atoms with Crippen molar-refractivity contribution >= 4 is 105 Å². The zero-order chi connectivity index (χ0) is 97.8. The third kappa shape index (κ3) is 26.3. The molecule has 5 fully saturated rings. The van der Waals surface area contributed by atoms with E-state index in [4.69, 9.17) is 19.7 Å². The lowest BCUT2D eigenvalue weighted by atomic mass is 10.1. The van der Waals surface area contributed by atoms with Crippen molar-refractivity contribution in [3.05, 3.63) is 216 Å². The summed E-state index contributed by atoms with van der Waals surface area (Å²) in [6, 6.07) is 20.7. The van der Waals surface area contributed by atoms with Crippen LogP contribution in [0.4, 0.5) is 57.5 Å². The fourth-order valence-corrected chi connectivity index (χ4v) is 14.6. The van der Waals surface area contributed by atoms with Crippen molar-refractivity contribution in [3.8, 4) is 55.6 Å². The van der Waals surface area contributed by atoms with Crippen LogP contribution in [0.1, 0.15) is 57.9 Å². The molecule has 20 rings (SSSR count). The van der Waals surface area contributed by atoms with Gasteiger partial charge in [0, 0.05) is 249 Å². The number of esters is 3. The normalized spacial score (nSPS) is 13.8. The minimum Gasteiger partial charge on any atom is -0.479 e. The van der Waals surface area contributed by atoms with E-state index in [2.05, 4.69) is 119 Å². The van der Waals surface area contributed by atoms with Gasteiger partial charge in [-0.25, -0.2) is 29.7 Å². The van der Waals surface area contributed by atoms with E-state index in [1.165, 1.54) is 13.8 Å². The molecule has 0 aliphatic carbocycles. The number of carbonyl (C=O) groups is 8.